The Morgan fingerprint density at radius 3 is 2.75 bits per heavy atom. The Labute approximate surface area is 163 Å². The van der Waals surface area contributed by atoms with Crippen LogP contribution in [0, 0.1) is 0 Å². The Morgan fingerprint density at radius 1 is 1.29 bits per heavy atom. The van der Waals surface area contributed by atoms with Crippen molar-refractivity contribution in [1.82, 2.24) is 20.2 Å². The normalized spacial score (nSPS) is 16.7. The lowest BCUT2D eigenvalue weighted by Crippen LogP contribution is -2.50. The molecule has 1 aromatic heterocycles. The molecule has 0 saturated carbocycles. The number of amides is 2. The van der Waals surface area contributed by atoms with Crippen LogP contribution in [-0.2, 0) is 16.0 Å². The van der Waals surface area contributed by atoms with E-state index in [4.69, 9.17) is 14.2 Å². The van der Waals surface area contributed by atoms with Crippen LogP contribution in [0.4, 0.5) is 4.79 Å². The van der Waals surface area contributed by atoms with E-state index in [9.17, 15) is 9.59 Å². The van der Waals surface area contributed by atoms with Gasteiger partial charge in [0, 0.05) is 24.2 Å². The van der Waals surface area contributed by atoms with Gasteiger partial charge in [0.15, 0.2) is 11.5 Å². The maximum Gasteiger partial charge on any atom is 0.328 e. The van der Waals surface area contributed by atoms with Crippen molar-refractivity contribution in [3.05, 3.63) is 41.5 Å². The number of methoxy groups -OCH3 is 3. The number of fused-ring (bicyclic) bond motifs is 1. The third-order valence-electron chi connectivity index (χ3n) is 4.81. The number of hydrogen-bond donors (Lipinski definition) is 2. The average molecular weight is 388 g/mol. The van der Waals surface area contributed by atoms with Crippen LogP contribution in [-0.4, -0.2) is 60.8 Å². The second kappa shape index (κ2) is 8.20. The average Bonchev–Trinajstić information content (AvgIpc) is 3.20. The Balaban J connectivity index is 2.02. The van der Waals surface area contributed by atoms with Crippen molar-refractivity contribution in [1.29, 1.82) is 0 Å². The first-order chi connectivity index (χ1) is 13.5. The quantitative estimate of drug-likeness (QED) is 0.755. The molecule has 3 rings (SSSR count). The minimum Gasteiger partial charge on any atom is -0.493 e. The van der Waals surface area contributed by atoms with Crippen LogP contribution >= 0.6 is 0 Å². The van der Waals surface area contributed by atoms with Gasteiger partial charge in [0.1, 0.15) is 12.1 Å². The third kappa shape index (κ3) is 3.47. The Morgan fingerprint density at radius 2 is 2.07 bits per heavy atom. The summed E-state index contributed by atoms with van der Waals surface area (Å²) in [6.07, 6.45) is 2.24. The SMILES string of the molecule is COC(=O)[C@H](C)NC(=O)N1CCc2[nH]cnc2[C@H]1c1cccc(OC)c1OC. The number of rotatable bonds is 5. The topological polar surface area (TPSA) is 106 Å². The third-order valence-corrected chi connectivity index (χ3v) is 4.81. The molecule has 0 aliphatic carbocycles. The lowest BCUT2D eigenvalue weighted by atomic mass is 9.95. The van der Waals surface area contributed by atoms with Gasteiger partial charge < -0.3 is 29.4 Å². The number of para-hydroxylation sites is 1. The van der Waals surface area contributed by atoms with Gasteiger partial charge in [-0.05, 0) is 13.0 Å². The van der Waals surface area contributed by atoms with Crippen LogP contribution in [0.1, 0.15) is 29.9 Å². The number of imidazole rings is 1. The van der Waals surface area contributed by atoms with Crippen molar-refractivity contribution >= 4 is 12.0 Å². The molecule has 2 heterocycles. The molecule has 0 radical (unpaired) electrons. The number of urea groups is 1. The van der Waals surface area contributed by atoms with Gasteiger partial charge in [-0.1, -0.05) is 12.1 Å². The zero-order chi connectivity index (χ0) is 20.3. The van der Waals surface area contributed by atoms with Gasteiger partial charge in [0.25, 0.3) is 0 Å². The van der Waals surface area contributed by atoms with Crippen molar-refractivity contribution in [2.75, 3.05) is 27.9 Å². The van der Waals surface area contributed by atoms with Crippen molar-refractivity contribution in [2.45, 2.75) is 25.4 Å². The molecular formula is C19H24N4O5. The van der Waals surface area contributed by atoms with E-state index in [0.717, 1.165) is 17.0 Å². The molecule has 2 amide bonds. The molecule has 0 spiro atoms. The number of carbonyl (C=O) groups excluding carboxylic acids is 2. The van der Waals surface area contributed by atoms with E-state index in [0.29, 0.717) is 24.5 Å². The molecule has 150 valence electrons. The Hall–Kier alpha value is -3.23. The lowest BCUT2D eigenvalue weighted by Gasteiger charge is -2.36. The van der Waals surface area contributed by atoms with Gasteiger partial charge in [-0.3, -0.25) is 0 Å². The van der Waals surface area contributed by atoms with Crippen LogP contribution in [0.3, 0.4) is 0 Å². The van der Waals surface area contributed by atoms with Gasteiger partial charge in [-0.25, -0.2) is 14.6 Å². The van der Waals surface area contributed by atoms with Crippen LogP contribution in [0.25, 0.3) is 0 Å². The number of carbonyl (C=O) groups is 2. The van der Waals surface area contributed by atoms with Gasteiger partial charge in [0.05, 0.1) is 33.4 Å². The first-order valence-corrected chi connectivity index (χ1v) is 8.89. The van der Waals surface area contributed by atoms with E-state index < -0.39 is 18.1 Å². The Bertz CT molecular complexity index is 866. The maximum absolute atomic E-state index is 13.0. The van der Waals surface area contributed by atoms with Gasteiger partial charge in [-0.2, -0.15) is 0 Å². The number of nitrogens with zero attached hydrogens (tertiary/aromatic N) is 2. The summed E-state index contributed by atoms with van der Waals surface area (Å²) in [6, 6.07) is 3.85. The van der Waals surface area contributed by atoms with Crippen molar-refractivity contribution in [3.8, 4) is 11.5 Å². The van der Waals surface area contributed by atoms with Crippen LogP contribution in [0.5, 0.6) is 11.5 Å². The molecule has 9 heteroatoms. The van der Waals surface area contributed by atoms with E-state index in [1.54, 1.807) is 38.4 Å². The molecule has 0 unspecified atom stereocenters. The molecule has 0 saturated heterocycles. The summed E-state index contributed by atoms with van der Waals surface area (Å²) >= 11 is 0. The van der Waals surface area contributed by atoms with Crippen molar-refractivity contribution in [2.24, 2.45) is 0 Å². The number of esters is 1. The van der Waals surface area contributed by atoms with Crippen molar-refractivity contribution < 1.29 is 23.8 Å². The summed E-state index contributed by atoms with van der Waals surface area (Å²) in [6.45, 7) is 2.02. The molecule has 0 fully saturated rings. The summed E-state index contributed by atoms with van der Waals surface area (Å²) in [4.78, 5) is 33.9. The van der Waals surface area contributed by atoms with Gasteiger partial charge in [-0.15, -0.1) is 0 Å². The highest BCUT2D eigenvalue weighted by Crippen LogP contribution is 2.41. The molecule has 2 atom stereocenters. The lowest BCUT2D eigenvalue weighted by molar-refractivity contribution is -0.142. The molecular weight excluding hydrogens is 364 g/mol. The molecule has 1 aromatic carbocycles. The molecule has 1 aliphatic heterocycles. The number of nitrogens with one attached hydrogen (secondary N) is 2. The zero-order valence-electron chi connectivity index (χ0n) is 16.3. The minimum atomic E-state index is -0.772. The molecule has 28 heavy (non-hydrogen) atoms. The summed E-state index contributed by atoms with van der Waals surface area (Å²) < 4.78 is 15.7. The highest BCUT2D eigenvalue weighted by Gasteiger charge is 2.37. The number of aromatic nitrogens is 2. The predicted molar refractivity (Wildman–Crippen MR) is 100 cm³/mol. The van der Waals surface area contributed by atoms with E-state index in [1.165, 1.54) is 7.11 Å². The fourth-order valence-electron chi connectivity index (χ4n) is 3.44. The summed E-state index contributed by atoms with van der Waals surface area (Å²) in [5.74, 6) is 0.581. The number of H-pyrrole nitrogens is 1. The van der Waals surface area contributed by atoms with E-state index in [2.05, 4.69) is 15.3 Å². The molecule has 0 bridgehead atoms. The van der Waals surface area contributed by atoms with Gasteiger partial charge in [0.2, 0.25) is 0 Å². The standard InChI is InChI=1S/C19H24N4O5/c1-11(18(24)28-4)22-19(25)23-9-8-13-15(21-10-20-13)16(23)12-6-5-7-14(26-2)17(12)27-3/h5-7,10-11,16H,8-9H2,1-4H3,(H,20,21)(H,22,25)/t11-,16+/m0/s1. The molecule has 9 nitrogen and oxygen atoms in total. The van der Waals surface area contributed by atoms with Crippen molar-refractivity contribution in [3.63, 3.8) is 0 Å². The highest BCUT2D eigenvalue weighted by atomic mass is 16.5. The second-order valence-electron chi connectivity index (χ2n) is 6.39. The molecule has 2 N–H and O–H groups in total. The largest absolute Gasteiger partial charge is 0.493 e. The van der Waals surface area contributed by atoms with E-state index in [1.807, 2.05) is 12.1 Å². The minimum absolute atomic E-state index is 0.388. The van der Waals surface area contributed by atoms with Gasteiger partial charge >= 0.3 is 12.0 Å². The number of aromatic amines is 1. The second-order valence-corrected chi connectivity index (χ2v) is 6.39. The maximum atomic E-state index is 13.0. The first-order valence-electron chi connectivity index (χ1n) is 8.89. The number of ether oxygens (including phenoxy) is 3. The predicted octanol–water partition coefficient (Wildman–Crippen LogP) is 1.65. The summed E-state index contributed by atoms with van der Waals surface area (Å²) in [5, 5.41) is 2.69. The zero-order valence-corrected chi connectivity index (χ0v) is 16.3. The monoisotopic (exact) mass is 388 g/mol. The first kappa shape index (κ1) is 19.5. The summed E-state index contributed by atoms with van der Waals surface area (Å²) in [7, 11) is 4.40. The van der Waals surface area contributed by atoms with E-state index in [-0.39, 0.29) is 6.03 Å². The van der Waals surface area contributed by atoms with Crippen LogP contribution < -0.4 is 14.8 Å². The highest BCUT2D eigenvalue weighted by molar-refractivity contribution is 5.84. The van der Waals surface area contributed by atoms with Crippen LogP contribution in [0.2, 0.25) is 0 Å². The molecule has 2 aromatic rings. The number of benzene rings is 1. The number of hydrogen-bond acceptors (Lipinski definition) is 6. The molecule has 1 aliphatic rings. The Kier molecular flexibility index (Phi) is 5.72. The van der Waals surface area contributed by atoms with Crippen LogP contribution in [0.15, 0.2) is 24.5 Å². The fourth-order valence-corrected chi connectivity index (χ4v) is 3.44. The van der Waals surface area contributed by atoms with E-state index >= 15 is 0 Å². The fraction of sp³-hybridized carbons (Fsp3) is 0.421. The smallest absolute Gasteiger partial charge is 0.328 e. The summed E-state index contributed by atoms with van der Waals surface area (Å²) in [5.41, 5.74) is 2.44.